The first-order valence-corrected chi connectivity index (χ1v) is 31.2. The molecule has 12 rings (SSSR count). The van der Waals surface area contributed by atoms with E-state index in [-0.39, 0.29) is 17.7 Å². The number of nitrogens with zero attached hydrogens (tertiary/aromatic N) is 4. The zero-order chi connectivity index (χ0) is 70.6. The van der Waals surface area contributed by atoms with E-state index >= 15 is 0 Å². The van der Waals surface area contributed by atoms with Crippen molar-refractivity contribution in [2.45, 2.75) is 12.8 Å². The Morgan fingerprint density at radius 3 is 0.634 bits per heavy atom. The molecule has 0 spiro atoms. The summed E-state index contributed by atoms with van der Waals surface area (Å²) in [4.78, 5) is 37.7. The summed E-state index contributed by atoms with van der Waals surface area (Å²) in [7, 11) is 3.23. The fourth-order valence-electron chi connectivity index (χ4n) is 9.28. The number of nitrogens with one attached hydrogen (secondary N) is 3. The highest BCUT2D eigenvalue weighted by atomic mass is 16.5. The van der Waals surface area contributed by atoms with E-state index in [9.17, 15) is 14.4 Å². The molecule has 0 heterocycles. The van der Waals surface area contributed by atoms with E-state index in [2.05, 4.69) is 40.2 Å². The normalized spacial score (nSPS) is 10.0. The van der Waals surface area contributed by atoms with Crippen LogP contribution in [0.15, 0.2) is 291 Å². The van der Waals surface area contributed by atoms with Crippen molar-refractivity contribution >= 4 is 34.8 Å². The summed E-state index contributed by atoms with van der Waals surface area (Å²) in [5, 5.41) is 43.8. The third kappa shape index (κ3) is 21.2. The molecule has 0 bridgehead atoms. The topological polar surface area (TPSA) is 256 Å². The summed E-state index contributed by atoms with van der Waals surface area (Å²) >= 11 is 0. The first kappa shape index (κ1) is 69.2. The summed E-state index contributed by atoms with van der Waals surface area (Å²) in [6.07, 6.45) is 0.723. The Balaban J connectivity index is 0.000000163. The predicted molar refractivity (Wildman–Crippen MR) is 383 cm³/mol. The van der Waals surface area contributed by atoms with E-state index in [0.29, 0.717) is 127 Å². The van der Waals surface area contributed by atoms with Gasteiger partial charge in [0.2, 0.25) is 0 Å². The average Bonchev–Trinajstić information content (AvgIpc) is 0.906. The quantitative estimate of drug-likeness (QED) is 0.0570. The molecule has 0 saturated heterocycles. The van der Waals surface area contributed by atoms with Gasteiger partial charge in [-0.15, -0.1) is 0 Å². The highest BCUT2D eigenvalue weighted by Gasteiger charge is 2.13. The van der Waals surface area contributed by atoms with Gasteiger partial charge >= 0.3 is 0 Å². The molecule has 0 aliphatic rings. The monoisotopic (exact) mass is 1330 g/mol. The molecular weight excluding hydrogens is 1270 g/mol. The Kier molecular flexibility index (Phi) is 24.2. The summed E-state index contributed by atoms with van der Waals surface area (Å²) in [5.74, 6) is 8.50. The lowest BCUT2D eigenvalue weighted by molar-refractivity contribution is 0.101. The minimum Gasteiger partial charge on any atom is -0.497 e. The molecule has 0 fully saturated rings. The zero-order valence-corrected chi connectivity index (χ0v) is 54.4. The summed E-state index contributed by atoms with van der Waals surface area (Å²) in [6, 6.07) is 93.1. The molecule has 18 nitrogen and oxygen atoms in total. The first-order chi connectivity index (χ1) is 49.4. The Bertz CT molecular complexity index is 4880. The van der Waals surface area contributed by atoms with Crippen LogP contribution in [-0.4, -0.2) is 31.9 Å². The third-order valence-corrected chi connectivity index (χ3v) is 14.6. The number of benzene rings is 12. The maximum Gasteiger partial charge on any atom is 0.255 e. The van der Waals surface area contributed by atoms with Gasteiger partial charge in [0.1, 0.15) is 80.5 Å². The van der Waals surface area contributed by atoms with Crippen LogP contribution in [0.2, 0.25) is 0 Å². The summed E-state index contributed by atoms with van der Waals surface area (Å²) in [6.45, 7) is 0. The molecule has 12 aromatic rings. The SMILES string of the molecule is COc1ccc(Oc2ccc(NC(=O)c3ccc(Oc4ccc(OC)cc4)cc3)cc2)cc1.N#CCc1ccc(Oc2ccc(NC(=O)c3ccc(Oc4ccc(CC#N)cc4)cc3)cc2)cc1.N#Cc1ccc(Oc2ccc(NC(=O)c3ccc(Oc4ccc(C#N)cc4)cc3)cc2)cc1. The molecule has 3 amide bonds. The lowest BCUT2D eigenvalue weighted by Gasteiger charge is -2.10. The molecule has 0 radical (unpaired) electrons. The van der Waals surface area contributed by atoms with Crippen LogP contribution < -0.4 is 53.8 Å². The van der Waals surface area contributed by atoms with Crippen molar-refractivity contribution in [3.05, 3.63) is 330 Å². The van der Waals surface area contributed by atoms with Crippen molar-refractivity contribution in [1.29, 1.82) is 21.0 Å². The largest absolute Gasteiger partial charge is 0.497 e. The number of methoxy groups -OCH3 is 2. The number of ether oxygens (including phenoxy) is 8. The van der Waals surface area contributed by atoms with Crippen molar-refractivity contribution in [2.24, 2.45) is 0 Å². The van der Waals surface area contributed by atoms with Crippen LogP contribution in [0.5, 0.6) is 80.5 Å². The van der Waals surface area contributed by atoms with Crippen LogP contribution in [0.1, 0.15) is 53.3 Å². The number of anilines is 3. The molecule has 0 unspecified atom stereocenters. The van der Waals surface area contributed by atoms with Gasteiger partial charge in [0, 0.05) is 33.8 Å². The maximum atomic E-state index is 12.6. The van der Waals surface area contributed by atoms with Gasteiger partial charge in [0.05, 0.1) is 62.5 Å². The number of amides is 3. The van der Waals surface area contributed by atoms with Crippen LogP contribution in [0.25, 0.3) is 0 Å². The minimum absolute atomic E-state index is 0.213. The van der Waals surface area contributed by atoms with Gasteiger partial charge in [0.25, 0.3) is 17.7 Å². The first-order valence-electron chi connectivity index (χ1n) is 31.2. The number of rotatable bonds is 22. The second-order valence-corrected chi connectivity index (χ2v) is 21.7. The highest BCUT2D eigenvalue weighted by molar-refractivity contribution is 6.05. The second kappa shape index (κ2) is 35.2. The van der Waals surface area contributed by atoms with Gasteiger partial charge in [0.15, 0.2) is 0 Å². The van der Waals surface area contributed by atoms with Crippen molar-refractivity contribution in [2.75, 3.05) is 30.2 Å². The zero-order valence-electron chi connectivity index (χ0n) is 54.4. The second-order valence-electron chi connectivity index (χ2n) is 21.7. The number of carbonyl (C=O) groups excluding carboxylic acids is 3. The van der Waals surface area contributed by atoms with Gasteiger partial charge < -0.3 is 53.8 Å². The van der Waals surface area contributed by atoms with E-state index in [1.807, 2.05) is 97.1 Å². The van der Waals surface area contributed by atoms with Crippen LogP contribution in [0, 0.1) is 45.3 Å². The Morgan fingerprint density at radius 2 is 0.436 bits per heavy atom. The van der Waals surface area contributed by atoms with E-state index < -0.39 is 0 Å². The van der Waals surface area contributed by atoms with E-state index in [0.717, 1.165) is 22.6 Å². The molecule has 12 aromatic carbocycles. The van der Waals surface area contributed by atoms with Crippen LogP contribution in [0.3, 0.4) is 0 Å². The van der Waals surface area contributed by atoms with Gasteiger partial charge in [-0.2, -0.15) is 21.0 Å². The number of nitriles is 4. The molecule has 0 aromatic heterocycles. The Labute approximate surface area is 583 Å². The number of carbonyl (C=O) groups is 3. The van der Waals surface area contributed by atoms with Gasteiger partial charge in [-0.05, 0) is 278 Å². The highest BCUT2D eigenvalue weighted by Crippen LogP contribution is 2.31. The number of hydrogen-bond acceptors (Lipinski definition) is 15. The lowest BCUT2D eigenvalue weighted by atomic mass is 10.1. The van der Waals surface area contributed by atoms with Crippen molar-refractivity contribution in [3.8, 4) is 105 Å². The molecule has 18 heteroatoms. The minimum atomic E-state index is -0.249. The maximum absolute atomic E-state index is 12.6. The fraction of sp³-hybridized carbons (Fsp3) is 0.0482. The van der Waals surface area contributed by atoms with Gasteiger partial charge in [-0.25, -0.2) is 0 Å². The third-order valence-electron chi connectivity index (χ3n) is 14.6. The molecule has 0 saturated carbocycles. The molecule has 0 aliphatic carbocycles. The van der Waals surface area contributed by atoms with Gasteiger partial charge in [-0.3, -0.25) is 14.4 Å². The van der Waals surface area contributed by atoms with Crippen molar-refractivity contribution in [3.63, 3.8) is 0 Å². The number of hydrogen-bond donors (Lipinski definition) is 3. The molecule has 0 aliphatic heterocycles. The molecule has 494 valence electrons. The van der Waals surface area contributed by atoms with Crippen molar-refractivity contribution in [1.82, 2.24) is 0 Å². The summed E-state index contributed by atoms with van der Waals surface area (Å²) in [5.41, 5.74) is 6.43. The average molecular weight is 1330 g/mol. The molecule has 0 atom stereocenters. The smallest absolute Gasteiger partial charge is 0.255 e. The molecule has 101 heavy (non-hydrogen) atoms. The predicted octanol–water partition coefficient (Wildman–Crippen LogP) is 19.5. The van der Waals surface area contributed by atoms with Crippen LogP contribution >= 0.6 is 0 Å². The lowest BCUT2D eigenvalue weighted by Crippen LogP contribution is -2.11. The van der Waals surface area contributed by atoms with Crippen LogP contribution in [-0.2, 0) is 12.8 Å². The van der Waals surface area contributed by atoms with Crippen molar-refractivity contribution < 1.29 is 52.3 Å². The van der Waals surface area contributed by atoms with E-state index in [4.69, 9.17) is 58.9 Å². The Morgan fingerprint density at radius 1 is 0.257 bits per heavy atom. The Hall–Kier alpha value is -14.6. The standard InChI is InChI=1S/C29H21N3O3.C27H17N3O3.C27H23NO5/c30-19-17-21-1-9-25(10-2-21)34-27-13-5-23(6-14-27)29(33)32-24-7-15-28(16-8-24)35-26-11-3-22(4-12-26)18-20-31;28-17-19-1-9-23(10-2-19)32-25-13-5-21(6-14-25)27(31)30-22-7-15-26(16-8-22)33-24-11-3-20(18-29)4-12-24;1-30-21-11-15-25(16-12-21)32-23-7-3-19(4-8-23)27(29)28-20-5-9-24(10-6-20)33-26-17-13-22(31-2)14-18-26/h1-16H,17-18H2,(H,32,33);1-16H,(H,30,31);3-18H,1-2H3,(H,28,29). The van der Waals surface area contributed by atoms with E-state index in [1.54, 1.807) is 208 Å². The molecule has 3 N–H and O–H groups in total. The fourth-order valence-corrected chi connectivity index (χ4v) is 9.28. The van der Waals surface area contributed by atoms with E-state index in [1.165, 1.54) is 0 Å². The van der Waals surface area contributed by atoms with Crippen LogP contribution in [0.4, 0.5) is 17.1 Å². The summed E-state index contributed by atoms with van der Waals surface area (Å²) < 4.78 is 45.0. The van der Waals surface area contributed by atoms with Gasteiger partial charge in [-0.1, -0.05) is 24.3 Å². The molecular formula is C83H61N7O11.